The van der Waals surface area contributed by atoms with Crippen molar-refractivity contribution in [2.45, 2.75) is 44.7 Å². The van der Waals surface area contributed by atoms with Crippen molar-refractivity contribution in [2.75, 3.05) is 13.1 Å². The Morgan fingerprint density at radius 1 is 1.47 bits per heavy atom. The minimum Gasteiger partial charge on any atom is -0.322 e. The predicted molar refractivity (Wildman–Crippen MR) is 69.6 cm³/mol. The summed E-state index contributed by atoms with van der Waals surface area (Å²) < 4.78 is 1.83. The first-order valence-electron chi connectivity index (χ1n) is 6.57. The number of nitrogens with two attached hydrogens (primary N) is 1. The van der Waals surface area contributed by atoms with Crippen molar-refractivity contribution >= 4 is 0 Å². The molecule has 4 heteroatoms. The van der Waals surface area contributed by atoms with Gasteiger partial charge in [0.2, 0.25) is 0 Å². The lowest BCUT2D eigenvalue weighted by atomic mass is 9.85. The fourth-order valence-electron chi connectivity index (χ4n) is 2.83. The molecule has 1 fully saturated rings. The second-order valence-corrected chi connectivity index (χ2v) is 5.33. The number of aromatic nitrogens is 2. The Hall–Kier alpha value is -0.870. The molecule has 0 amide bonds. The van der Waals surface area contributed by atoms with E-state index in [4.69, 9.17) is 5.73 Å². The zero-order valence-electron chi connectivity index (χ0n) is 11.2. The summed E-state index contributed by atoms with van der Waals surface area (Å²) in [6.07, 6.45) is 7.61. The van der Waals surface area contributed by atoms with Crippen molar-refractivity contribution in [3.63, 3.8) is 0 Å². The van der Waals surface area contributed by atoms with Crippen molar-refractivity contribution < 1.29 is 0 Å². The van der Waals surface area contributed by atoms with Crippen LogP contribution < -0.4 is 5.73 Å². The Labute approximate surface area is 104 Å². The summed E-state index contributed by atoms with van der Waals surface area (Å²) in [4.78, 5) is 2.55. The Morgan fingerprint density at radius 3 is 2.59 bits per heavy atom. The number of nitrogens with zero attached hydrogens (tertiary/aromatic N) is 3. The topological polar surface area (TPSA) is 47.1 Å². The standard InChI is InChI=1S/C13H24N4/c1-4-13(2,17-7-5-6-8-17)12(14)11-9-15-16(3)10-11/h9-10,12H,4-8,14H2,1-3H3. The van der Waals surface area contributed by atoms with E-state index in [1.807, 2.05) is 24.1 Å². The van der Waals surface area contributed by atoms with Crippen LogP contribution >= 0.6 is 0 Å². The smallest absolute Gasteiger partial charge is 0.0538 e. The van der Waals surface area contributed by atoms with Crippen LogP contribution in [0.15, 0.2) is 12.4 Å². The van der Waals surface area contributed by atoms with Crippen LogP contribution in [0.3, 0.4) is 0 Å². The highest BCUT2D eigenvalue weighted by Crippen LogP contribution is 2.34. The van der Waals surface area contributed by atoms with Gasteiger partial charge in [0.25, 0.3) is 0 Å². The van der Waals surface area contributed by atoms with Crippen LogP contribution in [0.25, 0.3) is 0 Å². The van der Waals surface area contributed by atoms with E-state index in [2.05, 4.69) is 23.8 Å². The van der Waals surface area contributed by atoms with Crippen LogP contribution in [0.5, 0.6) is 0 Å². The molecule has 2 unspecified atom stereocenters. The monoisotopic (exact) mass is 236 g/mol. The third kappa shape index (κ3) is 2.24. The van der Waals surface area contributed by atoms with Crippen molar-refractivity contribution in [3.05, 3.63) is 18.0 Å². The molecule has 96 valence electrons. The number of hydrogen-bond acceptors (Lipinski definition) is 3. The molecule has 0 aliphatic carbocycles. The Morgan fingerprint density at radius 2 is 2.12 bits per heavy atom. The summed E-state index contributed by atoms with van der Waals surface area (Å²) in [5, 5.41) is 4.23. The number of rotatable bonds is 4. The van der Waals surface area contributed by atoms with E-state index >= 15 is 0 Å². The number of likely N-dealkylation sites (tertiary alicyclic amines) is 1. The maximum absolute atomic E-state index is 6.48. The van der Waals surface area contributed by atoms with Crippen LogP contribution in [-0.2, 0) is 7.05 Å². The summed E-state index contributed by atoms with van der Waals surface area (Å²) in [6, 6.07) is 0.0410. The van der Waals surface area contributed by atoms with Gasteiger partial charge in [0.1, 0.15) is 0 Å². The largest absolute Gasteiger partial charge is 0.322 e. The van der Waals surface area contributed by atoms with Gasteiger partial charge in [-0.15, -0.1) is 0 Å². The molecule has 0 bridgehead atoms. The summed E-state index contributed by atoms with van der Waals surface area (Å²) in [7, 11) is 1.94. The van der Waals surface area contributed by atoms with Crippen molar-refractivity contribution in [1.82, 2.24) is 14.7 Å². The zero-order valence-corrected chi connectivity index (χ0v) is 11.2. The van der Waals surface area contributed by atoms with Gasteiger partial charge < -0.3 is 5.73 Å². The third-order valence-corrected chi connectivity index (χ3v) is 4.30. The van der Waals surface area contributed by atoms with Gasteiger partial charge in [0, 0.05) is 24.3 Å². The highest BCUT2D eigenvalue weighted by atomic mass is 15.3. The van der Waals surface area contributed by atoms with Crippen molar-refractivity contribution in [3.8, 4) is 0 Å². The van der Waals surface area contributed by atoms with Gasteiger partial charge in [-0.25, -0.2) is 0 Å². The number of hydrogen-bond donors (Lipinski definition) is 1. The van der Waals surface area contributed by atoms with Crippen molar-refractivity contribution in [1.29, 1.82) is 0 Å². The third-order valence-electron chi connectivity index (χ3n) is 4.30. The van der Waals surface area contributed by atoms with E-state index in [0.29, 0.717) is 0 Å². The predicted octanol–water partition coefficient (Wildman–Crippen LogP) is 1.68. The van der Waals surface area contributed by atoms with Crippen LogP contribution in [-0.4, -0.2) is 33.3 Å². The summed E-state index contributed by atoms with van der Waals surface area (Å²) >= 11 is 0. The van der Waals surface area contributed by atoms with E-state index in [-0.39, 0.29) is 11.6 Å². The highest BCUT2D eigenvalue weighted by Gasteiger charge is 2.38. The van der Waals surface area contributed by atoms with Crippen molar-refractivity contribution in [2.24, 2.45) is 12.8 Å². The molecule has 1 aliphatic rings. The van der Waals surface area contributed by atoms with E-state index < -0.39 is 0 Å². The molecule has 17 heavy (non-hydrogen) atoms. The average Bonchev–Trinajstić information content (AvgIpc) is 2.97. The molecular formula is C13H24N4. The SMILES string of the molecule is CCC(C)(C(N)c1cnn(C)c1)N1CCCC1. The molecule has 0 aromatic carbocycles. The van der Waals surface area contributed by atoms with E-state index in [1.165, 1.54) is 25.9 Å². The lowest BCUT2D eigenvalue weighted by Crippen LogP contribution is -2.51. The molecule has 1 aromatic heterocycles. The summed E-state index contributed by atoms with van der Waals surface area (Å²) in [5.74, 6) is 0. The molecule has 0 saturated carbocycles. The Bertz CT molecular complexity index is 367. The van der Waals surface area contributed by atoms with Gasteiger partial charge >= 0.3 is 0 Å². The van der Waals surface area contributed by atoms with Gasteiger partial charge in [0.05, 0.1) is 12.2 Å². The molecule has 2 atom stereocenters. The fourth-order valence-corrected chi connectivity index (χ4v) is 2.83. The van der Waals surface area contributed by atoms with Crippen LogP contribution in [0, 0.1) is 0 Å². The maximum Gasteiger partial charge on any atom is 0.0538 e. The second kappa shape index (κ2) is 4.78. The first-order valence-corrected chi connectivity index (χ1v) is 6.57. The van der Waals surface area contributed by atoms with Crippen LogP contribution in [0.2, 0.25) is 0 Å². The molecule has 1 aromatic rings. The van der Waals surface area contributed by atoms with Crippen LogP contribution in [0.4, 0.5) is 0 Å². The first-order chi connectivity index (χ1) is 8.08. The molecule has 0 spiro atoms. The van der Waals surface area contributed by atoms with E-state index in [1.54, 1.807) is 0 Å². The molecule has 2 N–H and O–H groups in total. The summed E-state index contributed by atoms with van der Waals surface area (Å²) in [5.41, 5.74) is 7.68. The lowest BCUT2D eigenvalue weighted by molar-refractivity contribution is 0.1000. The zero-order chi connectivity index (χ0) is 12.5. The minimum atomic E-state index is 0.0410. The van der Waals surface area contributed by atoms with E-state index in [9.17, 15) is 0 Å². The molecule has 4 nitrogen and oxygen atoms in total. The normalized spacial score (nSPS) is 22.6. The van der Waals surface area contributed by atoms with Gasteiger partial charge in [-0.05, 0) is 39.3 Å². The molecule has 0 radical (unpaired) electrons. The van der Waals surface area contributed by atoms with Gasteiger partial charge in [-0.1, -0.05) is 6.92 Å². The first kappa shape index (κ1) is 12.6. The van der Waals surface area contributed by atoms with Gasteiger partial charge in [0.15, 0.2) is 0 Å². The minimum absolute atomic E-state index is 0.0410. The summed E-state index contributed by atoms with van der Waals surface area (Å²) in [6.45, 7) is 6.88. The molecule has 2 heterocycles. The average molecular weight is 236 g/mol. The van der Waals surface area contributed by atoms with E-state index in [0.717, 1.165) is 12.0 Å². The second-order valence-electron chi connectivity index (χ2n) is 5.33. The molecule has 1 aliphatic heterocycles. The Balaban J connectivity index is 2.21. The van der Waals surface area contributed by atoms with Gasteiger partial charge in [-0.3, -0.25) is 9.58 Å². The Kier molecular flexibility index (Phi) is 3.54. The highest BCUT2D eigenvalue weighted by molar-refractivity contribution is 5.16. The molecular weight excluding hydrogens is 212 g/mol. The molecule has 1 saturated heterocycles. The number of aryl methyl sites for hydroxylation is 1. The maximum atomic E-state index is 6.48. The lowest BCUT2D eigenvalue weighted by Gasteiger charge is -2.42. The van der Waals surface area contributed by atoms with Gasteiger partial charge in [-0.2, -0.15) is 5.10 Å². The fraction of sp³-hybridized carbons (Fsp3) is 0.769. The molecule has 2 rings (SSSR count). The quantitative estimate of drug-likeness (QED) is 0.865. The van der Waals surface area contributed by atoms with Crippen LogP contribution in [0.1, 0.15) is 44.7 Å².